The van der Waals surface area contributed by atoms with Crippen LogP contribution >= 0.6 is 0 Å². The van der Waals surface area contributed by atoms with Gasteiger partial charge in [0.1, 0.15) is 6.61 Å². The SMILES string of the molecule is COc1cc(CNc2ccc3[nH]c(=O)[nH]c3c2)ccc1OCc1ccccc1.[Cl-]. The molecule has 7 heteroatoms. The molecule has 0 aliphatic rings. The molecule has 0 bridgehead atoms. The van der Waals surface area contributed by atoms with Gasteiger partial charge in [-0.15, -0.1) is 0 Å². The van der Waals surface area contributed by atoms with Crippen LogP contribution in [0.15, 0.2) is 71.5 Å². The number of ether oxygens (including phenoxy) is 2. The first-order chi connectivity index (χ1) is 13.7. The molecular weight excluding hydrogens is 390 g/mol. The van der Waals surface area contributed by atoms with Gasteiger partial charge in [0, 0.05) is 12.2 Å². The van der Waals surface area contributed by atoms with Gasteiger partial charge in [0.2, 0.25) is 0 Å². The number of hydrogen-bond donors (Lipinski definition) is 3. The van der Waals surface area contributed by atoms with Crippen LogP contribution < -0.4 is 32.9 Å². The average Bonchev–Trinajstić information content (AvgIpc) is 3.11. The van der Waals surface area contributed by atoms with Crippen molar-refractivity contribution in [3.63, 3.8) is 0 Å². The predicted molar refractivity (Wildman–Crippen MR) is 110 cm³/mol. The number of rotatable bonds is 7. The lowest BCUT2D eigenvalue weighted by molar-refractivity contribution is -0.00000633. The Labute approximate surface area is 174 Å². The fraction of sp³-hybridized carbons (Fsp3) is 0.136. The van der Waals surface area contributed by atoms with Crippen molar-refractivity contribution in [2.45, 2.75) is 13.2 Å². The first kappa shape index (κ1) is 20.4. The molecule has 4 rings (SSSR count). The smallest absolute Gasteiger partial charge is 0.323 e. The van der Waals surface area contributed by atoms with Crippen LogP contribution in [-0.4, -0.2) is 17.1 Å². The molecule has 0 amide bonds. The lowest BCUT2D eigenvalue weighted by Crippen LogP contribution is -3.00. The summed E-state index contributed by atoms with van der Waals surface area (Å²) in [6, 6.07) is 21.6. The van der Waals surface area contributed by atoms with E-state index in [9.17, 15) is 4.79 Å². The van der Waals surface area contributed by atoms with Crippen LogP contribution in [0.25, 0.3) is 11.0 Å². The van der Waals surface area contributed by atoms with Crippen molar-refractivity contribution in [1.82, 2.24) is 9.97 Å². The molecule has 0 spiro atoms. The molecule has 0 unspecified atom stereocenters. The lowest BCUT2D eigenvalue weighted by Gasteiger charge is -2.13. The standard InChI is InChI=1S/C22H21N3O3.ClH/c1-27-21-11-16(7-10-20(21)28-14-15-5-3-2-4-6-15)13-23-17-8-9-18-19(12-17)25-22(26)24-18;/h2-12,23H,13-14H2,1H3,(H2,24,25,26);1H/p-1. The number of nitrogens with one attached hydrogen (secondary N) is 3. The van der Waals surface area contributed by atoms with Crippen LogP contribution in [0.3, 0.4) is 0 Å². The molecule has 3 N–H and O–H groups in total. The normalized spacial score (nSPS) is 10.4. The largest absolute Gasteiger partial charge is 1.00 e. The first-order valence-corrected chi connectivity index (χ1v) is 9.01. The van der Waals surface area contributed by atoms with Crippen molar-refractivity contribution in [3.05, 3.63) is 88.3 Å². The molecule has 1 aromatic heterocycles. The fourth-order valence-corrected chi connectivity index (χ4v) is 3.02. The molecule has 3 aromatic carbocycles. The molecule has 0 aliphatic heterocycles. The highest BCUT2D eigenvalue weighted by Gasteiger charge is 2.07. The van der Waals surface area contributed by atoms with Gasteiger partial charge < -0.3 is 37.2 Å². The highest BCUT2D eigenvalue weighted by atomic mass is 35.5. The third-order valence-corrected chi connectivity index (χ3v) is 4.48. The van der Waals surface area contributed by atoms with E-state index in [0.717, 1.165) is 27.8 Å². The number of anilines is 1. The van der Waals surface area contributed by atoms with E-state index in [0.29, 0.717) is 24.7 Å². The zero-order chi connectivity index (χ0) is 19.3. The summed E-state index contributed by atoms with van der Waals surface area (Å²) in [7, 11) is 1.64. The molecule has 4 aromatic rings. The van der Waals surface area contributed by atoms with E-state index in [1.54, 1.807) is 7.11 Å². The first-order valence-electron chi connectivity index (χ1n) is 9.01. The topological polar surface area (TPSA) is 79.1 Å². The molecule has 0 fully saturated rings. The Hall–Kier alpha value is -3.38. The predicted octanol–water partition coefficient (Wildman–Crippen LogP) is 1.06. The maximum absolute atomic E-state index is 11.4. The van der Waals surface area contributed by atoms with E-state index in [1.165, 1.54) is 0 Å². The summed E-state index contributed by atoms with van der Waals surface area (Å²) in [6.07, 6.45) is 0. The molecule has 0 saturated carbocycles. The van der Waals surface area contributed by atoms with Crippen molar-refractivity contribution in [2.24, 2.45) is 0 Å². The molecule has 0 saturated heterocycles. The van der Waals surface area contributed by atoms with Crippen molar-refractivity contribution in [3.8, 4) is 11.5 Å². The summed E-state index contributed by atoms with van der Waals surface area (Å²) in [6.45, 7) is 1.11. The van der Waals surface area contributed by atoms with Gasteiger partial charge >= 0.3 is 5.69 Å². The van der Waals surface area contributed by atoms with Gasteiger partial charge in [0.15, 0.2) is 11.5 Å². The number of aromatic nitrogens is 2. The van der Waals surface area contributed by atoms with Crippen LogP contribution in [0.4, 0.5) is 5.69 Å². The van der Waals surface area contributed by atoms with Crippen molar-refractivity contribution in [2.75, 3.05) is 12.4 Å². The minimum atomic E-state index is -0.206. The summed E-state index contributed by atoms with van der Waals surface area (Å²) in [5.41, 5.74) is 4.45. The summed E-state index contributed by atoms with van der Waals surface area (Å²) < 4.78 is 11.4. The van der Waals surface area contributed by atoms with Crippen molar-refractivity contribution < 1.29 is 21.9 Å². The number of imidazole rings is 1. The van der Waals surface area contributed by atoms with Gasteiger partial charge in [-0.1, -0.05) is 36.4 Å². The summed E-state index contributed by atoms with van der Waals surface area (Å²) in [5, 5.41) is 3.36. The van der Waals surface area contributed by atoms with Crippen LogP contribution in [0, 0.1) is 0 Å². The number of methoxy groups -OCH3 is 1. The average molecular weight is 411 g/mol. The summed E-state index contributed by atoms with van der Waals surface area (Å²) in [4.78, 5) is 16.9. The minimum absolute atomic E-state index is 0. The molecule has 0 atom stereocenters. The fourth-order valence-electron chi connectivity index (χ4n) is 3.02. The van der Waals surface area contributed by atoms with E-state index >= 15 is 0 Å². The number of halogens is 1. The van der Waals surface area contributed by atoms with E-state index < -0.39 is 0 Å². The van der Waals surface area contributed by atoms with Crippen molar-refractivity contribution >= 4 is 16.7 Å². The molecule has 29 heavy (non-hydrogen) atoms. The third-order valence-electron chi connectivity index (χ3n) is 4.48. The molecule has 150 valence electrons. The molecular formula is C22H21ClN3O3-. The lowest BCUT2D eigenvalue weighted by atomic mass is 10.2. The Kier molecular flexibility index (Phi) is 6.46. The zero-order valence-electron chi connectivity index (χ0n) is 15.9. The number of benzene rings is 3. The molecule has 6 nitrogen and oxygen atoms in total. The monoisotopic (exact) mass is 410 g/mol. The minimum Gasteiger partial charge on any atom is -1.00 e. The van der Waals surface area contributed by atoms with E-state index in [1.807, 2.05) is 66.7 Å². The number of aromatic amines is 2. The maximum atomic E-state index is 11.4. The Morgan fingerprint density at radius 3 is 2.45 bits per heavy atom. The Bertz CT molecular complexity index is 1140. The Balaban J connectivity index is 0.00000240. The zero-order valence-corrected chi connectivity index (χ0v) is 16.6. The Morgan fingerprint density at radius 1 is 0.862 bits per heavy atom. The highest BCUT2D eigenvalue weighted by molar-refractivity contribution is 5.78. The number of hydrogen-bond acceptors (Lipinski definition) is 4. The molecule has 0 aliphatic carbocycles. The summed E-state index contributed by atoms with van der Waals surface area (Å²) >= 11 is 0. The van der Waals surface area contributed by atoms with E-state index in [2.05, 4.69) is 15.3 Å². The van der Waals surface area contributed by atoms with Crippen molar-refractivity contribution in [1.29, 1.82) is 0 Å². The second-order valence-corrected chi connectivity index (χ2v) is 6.45. The quantitative estimate of drug-likeness (QED) is 0.425. The molecule has 0 radical (unpaired) electrons. The number of fused-ring (bicyclic) bond motifs is 1. The van der Waals surface area contributed by atoms with Gasteiger partial charge in [-0.3, -0.25) is 0 Å². The summed E-state index contributed by atoms with van der Waals surface area (Å²) in [5.74, 6) is 1.40. The number of H-pyrrole nitrogens is 2. The van der Waals surface area contributed by atoms with E-state index in [-0.39, 0.29) is 18.1 Å². The van der Waals surface area contributed by atoms with Crippen LogP contribution in [0.2, 0.25) is 0 Å². The van der Waals surface area contributed by atoms with Gasteiger partial charge in [-0.2, -0.15) is 0 Å². The van der Waals surface area contributed by atoms with E-state index in [4.69, 9.17) is 9.47 Å². The van der Waals surface area contributed by atoms with Crippen LogP contribution in [0.5, 0.6) is 11.5 Å². The second-order valence-electron chi connectivity index (χ2n) is 6.45. The molecule has 1 heterocycles. The second kappa shape index (κ2) is 9.21. The van der Waals surface area contributed by atoms with Crippen LogP contribution in [0.1, 0.15) is 11.1 Å². The Morgan fingerprint density at radius 2 is 1.66 bits per heavy atom. The highest BCUT2D eigenvalue weighted by Crippen LogP contribution is 2.29. The third kappa shape index (κ3) is 4.92. The van der Waals surface area contributed by atoms with Gasteiger partial charge in [-0.05, 0) is 41.5 Å². The van der Waals surface area contributed by atoms with Gasteiger partial charge in [0.25, 0.3) is 0 Å². The van der Waals surface area contributed by atoms with Gasteiger partial charge in [0.05, 0.1) is 18.1 Å². The van der Waals surface area contributed by atoms with Gasteiger partial charge in [-0.25, -0.2) is 4.79 Å². The van der Waals surface area contributed by atoms with Crippen LogP contribution in [-0.2, 0) is 13.2 Å². The maximum Gasteiger partial charge on any atom is 0.323 e.